The summed E-state index contributed by atoms with van der Waals surface area (Å²) in [6, 6.07) is 2.06. The van der Waals surface area contributed by atoms with Gasteiger partial charge in [-0.3, -0.25) is 5.43 Å². The molecule has 0 amide bonds. The molecule has 0 aliphatic heterocycles. The van der Waals surface area contributed by atoms with Crippen LogP contribution in [0.5, 0.6) is 0 Å². The fourth-order valence-corrected chi connectivity index (χ4v) is 3.52. The van der Waals surface area contributed by atoms with Crippen molar-refractivity contribution in [3.05, 3.63) is 11.4 Å². The molecule has 0 aromatic carbocycles. The summed E-state index contributed by atoms with van der Waals surface area (Å²) in [5, 5.41) is 6.60. The Kier molecular flexibility index (Phi) is 3.28. The number of nitrogen functional groups attached to an aromatic ring is 1. The average Bonchev–Trinajstić information content (AvgIpc) is 3.04. The molecule has 0 saturated heterocycles. The van der Waals surface area contributed by atoms with Crippen molar-refractivity contribution < 1.29 is 0 Å². The van der Waals surface area contributed by atoms with Gasteiger partial charge < -0.3 is 5.32 Å². The summed E-state index contributed by atoms with van der Waals surface area (Å²) < 4.78 is 0. The lowest BCUT2D eigenvalue weighted by molar-refractivity contribution is 0.362. The average molecular weight is 277 g/mol. The molecule has 4 N–H and O–H groups in total. The lowest BCUT2D eigenvalue weighted by Crippen LogP contribution is -2.23. The summed E-state index contributed by atoms with van der Waals surface area (Å²) in [6.45, 7) is 3.31. The predicted molar refractivity (Wildman–Crippen MR) is 80.3 cm³/mol. The van der Waals surface area contributed by atoms with Crippen LogP contribution in [0.2, 0.25) is 0 Å². The molecule has 1 aliphatic rings. The summed E-state index contributed by atoms with van der Waals surface area (Å²) in [5.74, 6) is 6.77. The van der Waals surface area contributed by atoms with E-state index in [1.165, 1.54) is 25.7 Å². The summed E-state index contributed by atoms with van der Waals surface area (Å²) in [6.07, 6.45) is 5.26. The second-order valence-electron chi connectivity index (χ2n) is 5.55. The van der Waals surface area contributed by atoms with Gasteiger partial charge in [-0.15, -0.1) is 11.3 Å². The van der Waals surface area contributed by atoms with Crippen molar-refractivity contribution >= 4 is 33.3 Å². The molecule has 0 atom stereocenters. The highest BCUT2D eigenvalue weighted by atomic mass is 32.1. The van der Waals surface area contributed by atoms with Crippen molar-refractivity contribution in [2.45, 2.75) is 32.6 Å². The molecule has 1 saturated carbocycles. The van der Waals surface area contributed by atoms with Gasteiger partial charge in [0, 0.05) is 6.54 Å². The number of nitrogens with two attached hydrogens (primary N) is 1. The molecular weight excluding hydrogens is 258 g/mol. The Morgan fingerprint density at radius 2 is 2.16 bits per heavy atom. The van der Waals surface area contributed by atoms with Crippen molar-refractivity contribution in [2.75, 3.05) is 17.3 Å². The molecule has 1 fully saturated rings. The molecule has 0 spiro atoms. The van der Waals surface area contributed by atoms with Crippen LogP contribution >= 0.6 is 11.3 Å². The van der Waals surface area contributed by atoms with E-state index in [2.05, 4.69) is 33.7 Å². The smallest absolute Gasteiger partial charge is 0.240 e. The van der Waals surface area contributed by atoms with E-state index in [1.807, 2.05) is 5.38 Å². The maximum absolute atomic E-state index is 5.42. The number of anilines is 2. The van der Waals surface area contributed by atoms with E-state index in [-0.39, 0.29) is 0 Å². The highest BCUT2D eigenvalue weighted by molar-refractivity contribution is 7.16. The molecular formula is C13H19N5S. The molecule has 102 valence electrons. The monoisotopic (exact) mass is 277 g/mol. The number of nitrogens with zero attached hydrogens (tertiary/aromatic N) is 2. The van der Waals surface area contributed by atoms with E-state index in [1.54, 1.807) is 11.3 Å². The first-order valence-corrected chi connectivity index (χ1v) is 7.54. The maximum Gasteiger partial charge on any atom is 0.240 e. The normalized spacial score (nSPS) is 17.8. The Labute approximate surface area is 116 Å². The van der Waals surface area contributed by atoms with Gasteiger partial charge in [0.15, 0.2) is 0 Å². The Morgan fingerprint density at radius 1 is 1.37 bits per heavy atom. The minimum Gasteiger partial charge on any atom is -0.369 e. The van der Waals surface area contributed by atoms with E-state index in [0.717, 1.165) is 22.6 Å². The number of nitrogens with one attached hydrogen (secondary N) is 2. The minimum atomic E-state index is 0.392. The van der Waals surface area contributed by atoms with Gasteiger partial charge in [0.1, 0.15) is 10.6 Å². The topological polar surface area (TPSA) is 75.9 Å². The van der Waals surface area contributed by atoms with Crippen molar-refractivity contribution in [1.82, 2.24) is 9.97 Å². The van der Waals surface area contributed by atoms with Crippen molar-refractivity contribution in [2.24, 2.45) is 11.3 Å². The van der Waals surface area contributed by atoms with Gasteiger partial charge >= 0.3 is 0 Å². The summed E-state index contributed by atoms with van der Waals surface area (Å²) >= 11 is 1.60. The molecule has 0 radical (unpaired) electrons. The zero-order valence-electron chi connectivity index (χ0n) is 11.1. The van der Waals surface area contributed by atoms with Crippen LogP contribution in [0.1, 0.15) is 32.6 Å². The molecule has 5 nitrogen and oxygen atoms in total. The van der Waals surface area contributed by atoms with Gasteiger partial charge in [0.25, 0.3) is 0 Å². The van der Waals surface area contributed by atoms with E-state index in [9.17, 15) is 0 Å². The van der Waals surface area contributed by atoms with Crippen LogP contribution in [0, 0.1) is 5.41 Å². The Bertz CT molecular complexity index is 573. The standard InChI is InChI=1S/C13H19N5S/c1-13(5-2-3-6-13)8-15-10-9-4-7-19-11(9)17-12(16-10)18-14/h4,7H,2-3,5-6,8,14H2,1H3,(H2,15,16,17,18). The van der Waals surface area contributed by atoms with Crippen LogP contribution in [0.25, 0.3) is 10.2 Å². The molecule has 1 aliphatic carbocycles. The zero-order valence-corrected chi connectivity index (χ0v) is 11.9. The third-order valence-corrected chi connectivity index (χ3v) is 4.75. The van der Waals surface area contributed by atoms with Crippen LogP contribution in [0.3, 0.4) is 0 Å². The first-order valence-electron chi connectivity index (χ1n) is 6.66. The largest absolute Gasteiger partial charge is 0.369 e. The third kappa shape index (κ3) is 2.50. The number of hydrazine groups is 1. The Morgan fingerprint density at radius 3 is 2.89 bits per heavy atom. The number of aromatic nitrogens is 2. The molecule has 19 heavy (non-hydrogen) atoms. The second kappa shape index (κ2) is 4.94. The van der Waals surface area contributed by atoms with Crippen LogP contribution in [-0.4, -0.2) is 16.5 Å². The quantitative estimate of drug-likeness (QED) is 0.591. The van der Waals surface area contributed by atoms with Gasteiger partial charge in [-0.25, -0.2) is 10.8 Å². The van der Waals surface area contributed by atoms with E-state index in [0.29, 0.717) is 11.4 Å². The van der Waals surface area contributed by atoms with Gasteiger partial charge in [-0.05, 0) is 29.7 Å². The highest BCUT2D eigenvalue weighted by Gasteiger charge is 2.28. The Hall–Kier alpha value is -1.40. The lowest BCUT2D eigenvalue weighted by Gasteiger charge is -2.24. The van der Waals surface area contributed by atoms with Crippen molar-refractivity contribution in [3.8, 4) is 0 Å². The molecule has 6 heteroatoms. The Balaban J connectivity index is 1.85. The molecule has 2 aromatic rings. The minimum absolute atomic E-state index is 0.392. The van der Waals surface area contributed by atoms with Crippen molar-refractivity contribution in [1.29, 1.82) is 0 Å². The van der Waals surface area contributed by atoms with Gasteiger partial charge in [0.05, 0.1) is 5.39 Å². The lowest BCUT2D eigenvalue weighted by atomic mass is 9.89. The molecule has 2 heterocycles. The van der Waals surface area contributed by atoms with Crippen LogP contribution in [-0.2, 0) is 0 Å². The van der Waals surface area contributed by atoms with Crippen molar-refractivity contribution in [3.63, 3.8) is 0 Å². The molecule has 2 aromatic heterocycles. The first kappa shape index (κ1) is 12.6. The maximum atomic E-state index is 5.42. The van der Waals surface area contributed by atoms with E-state index >= 15 is 0 Å². The predicted octanol–water partition coefficient (Wildman–Crippen LogP) is 2.97. The van der Waals surface area contributed by atoms with E-state index < -0.39 is 0 Å². The number of fused-ring (bicyclic) bond motifs is 1. The third-order valence-electron chi connectivity index (χ3n) is 3.95. The fraction of sp³-hybridized carbons (Fsp3) is 0.538. The van der Waals surface area contributed by atoms with Crippen LogP contribution < -0.4 is 16.6 Å². The highest BCUT2D eigenvalue weighted by Crippen LogP contribution is 2.38. The number of rotatable bonds is 4. The van der Waals surface area contributed by atoms with Crippen LogP contribution in [0.4, 0.5) is 11.8 Å². The second-order valence-corrected chi connectivity index (χ2v) is 6.45. The zero-order chi connectivity index (χ0) is 13.3. The number of hydrogen-bond donors (Lipinski definition) is 3. The number of thiophene rings is 1. The summed E-state index contributed by atoms with van der Waals surface area (Å²) in [5.41, 5.74) is 2.92. The molecule has 3 rings (SSSR count). The molecule has 0 bridgehead atoms. The van der Waals surface area contributed by atoms with Gasteiger partial charge in [-0.2, -0.15) is 4.98 Å². The van der Waals surface area contributed by atoms with Gasteiger partial charge in [0.2, 0.25) is 5.95 Å². The van der Waals surface area contributed by atoms with E-state index in [4.69, 9.17) is 5.84 Å². The molecule has 0 unspecified atom stereocenters. The SMILES string of the molecule is CC1(CNc2nc(NN)nc3sccc23)CCCC1. The summed E-state index contributed by atoms with van der Waals surface area (Å²) in [7, 11) is 0. The van der Waals surface area contributed by atoms with Gasteiger partial charge in [-0.1, -0.05) is 19.8 Å². The van der Waals surface area contributed by atoms with Crippen LogP contribution in [0.15, 0.2) is 11.4 Å². The summed E-state index contributed by atoms with van der Waals surface area (Å²) in [4.78, 5) is 9.73. The number of hydrogen-bond acceptors (Lipinski definition) is 6. The first-order chi connectivity index (χ1) is 9.20. The fourth-order valence-electron chi connectivity index (χ4n) is 2.76.